The molecule has 2 rings (SSSR count). The summed E-state index contributed by atoms with van der Waals surface area (Å²) in [6.07, 6.45) is 0.854. The molecule has 0 radical (unpaired) electrons. The van der Waals surface area contributed by atoms with Crippen LogP contribution in [0.25, 0.3) is 0 Å². The van der Waals surface area contributed by atoms with Crippen molar-refractivity contribution in [1.82, 2.24) is 10.2 Å². The normalized spacial score (nSPS) is 41.1. The molecule has 3 N–H and O–H groups in total. The number of aliphatic hydroxyl groups excluding tert-OH is 1. The average molecular weight is 228 g/mol. The van der Waals surface area contributed by atoms with Gasteiger partial charge in [0, 0.05) is 19.0 Å². The largest absolute Gasteiger partial charge is 0.480 e. The standard InChI is InChI=1S/C11H20N2O3/c1-7-5-12-3-2-9(7)13-6-8(14)4-10(13)11(15)16/h7-10,12,14H,2-6H2,1H3,(H,15,16). The van der Waals surface area contributed by atoms with Crippen molar-refractivity contribution >= 4 is 5.97 Å². The molecule has 4 atom stereocenters. The smallest absolute Gasteiger partial charge is 0.321 e. The summed E-state index contributed by atoms with van der Waals surface area (Å²) in [5.41, 5.74) is 0. The van der Waals surface area contributed by atoms with Gasteiger partial charge >= 0.3 is 5.97 Å². The Morgan fingerprint density at radius 1 is 1.50 bits per heavy atom. The van der Waals surface area contributed by atoms with Crippen LogP contribution in [0.1, 0.15) is 19.8 Å². The molecular formula is C11H20N2O3. The lowest BCUT2D eigenvalue weighted by molar-refractivity contribution is -0.143. The first-order valence-corrected chi connectivity index (χ1v) is 5.97. The Labute approximate surface area is 95.4 Å². The van der Waals surface area contributed by atoms with Crippen LogP contribution in [0.3, 0.4) is 0 Å². The highest BCUT2D eigenvalue weighted by molar-refractivity contribution is 5.74. The number of nitrogens with zero attached hydrogens (tertiary/aromatic N) is 1. The number of piperidine rings is 1. The third kappa shape index (κ3) is 2.21. The van der Waals surface area contributed by atoms with Crippen molar-refractivity contribution in [2.24, 2.45) is 5.92 Å². The predicted molar refractivity (Wildman–Crippen MR) is 59.2 cm³/mol. The van der Waals surface area contributed by atoms with Crippen LogP contribution in [0.4, 0.5) is 0 Å². The number of hydrogen-bond acceptors (Lipinski definition) is 4. The van der Waals surface area contributed by atoms with Crippen LogP contribution < -0.4 is 5.32 Å². The number of β-amino-alcohol motifs (C(OH)–C–C–N with tert-alkyl or cyclic N) is 1. The Balaban J connectivity index is 2.08. The third-order valence-corrected chi connectivity index (χ3v) is 3.77. The van der Waals surface area contributed by atoms with Gasteiger partial charge < -0.3 is 15.5 Å². The number of likely N-dealkylation sites (tertiary alicyclic amines) is 1. The first-order chi connectivity index (χ1) is 7.59. The SMILES string of the molecule is CC1CNCCC1N1CC(O)CC1C(=O)O. The van der Waals surface area contributed by atoms with Crippen LogP contribution in [0.5, 0.6) is 0 Å². The van der Waals surface area contributed by atoms with E-state index in [0.717, 1.165) is 19.5 Å². The summed E-state index contributed by atoms with van der Waals surface area (Å²) in [7, 11) is 0. The Morgan fingerprint density at radius 2 is 2.25 bits per heavy atom. The lowest BCUT2D eigenvalue weighted by atomic mass is 9.93. The molecule has 0 saturated carbocycles. The van der Waals surface area contributed by atoms with Gasteiger partial charge in [-0.3, -0.25) is 9.69 Å². The second-order valence-corrected chi connectivity index (χ2v) is 4.98. The second kappa shape index (κ2) is 4.69. The summed E-state index contributed by atoms with van der Waals surface area (Å²) in [4.78, 5) is 13.1. The number of carboxylic acid groups (broad SMARTS) is 1. The zero-order chi connectivity index (χ0) is 11.7. The van der Waals surface area contributed by atoms with E-state index in [9.17, 15) is 9.90 Å². The van der Waals surface area contributed by atoms with E-state index >= 15 is 0 Å². The van der Waals surface area contributed by atoms with E-state index in [0.29, 0.717) is 24.9 Å². The zero-order valence-electron chi connectivity index (χ0n) is 9.59. The van der Waals surface area contributed by atoms with E-state index < -0.39 is 18.1 Å². The number of carboxylic acids is 1. The van der Waals surface area contributed by atoms with Crippen LogP contribution in [0, 0.1) is 5.92 Å². The molecule has 0 amide bonds. The maximum Gasteiger partial charge on any atom is 0.321 e. The summed E-state index contributed by atoms with van der Waals surface area (Å²) in [5, 5.41) is 22.1. The van der Waals surface area contributed by atoms with Crippen molar-refractivity contribution in [2.75, 3.05) is 19.6 Å². The molecule has 0 aromatic heterocycles. The maximum absolute atomic E-state index is 11.1. The average Bonchev–Trinajstić information content (AvgIpc) is 2.61. The van der Waals surface area contributed by atoms with Gasteiger partial charge in [-0.25, -0.2) is 0 Å². The Bertz CT molecular complexity index is 272. The highest BCUT2D eigenvalue weighted by Crippen LogP contribution is 2.27. The van der Waals surface area contributed by atoms with Gasteiger partial charge in [-0.15, -0.1) is 0 Å². The van der Waals surface area contributed by atoms with Gasteiger partial charge in [0.05, 0.1) is 6.10 Å². The number of rotatable bonds is 2. The van der Waals surface area contributed by atoms with E-state index in [2.05, 4.69) is 12.2 Å². The van der Waals surface area contributed by atoms with Crippen molar-refractivity contribution in [3.8, 4) is 0 Å². The van der Waals surface area contributed by atoms with Gasteiger partial charge in [-0.1, -0.05) is 6.92 Å². The summed E-state index contributed by atoms with van der Waals surface area (Å²) in [6.45, 7) is 4.52. The van der Waals surface area contributed by atoms with Crippen molar-refractivity contribution in [1.29, 1.82) is 0 Å². The van der Waals surface area contributed by atoms with Crippen LogP contribution >= 0.6 is 0 Å². The number of nitrogens with one attached hydrogen (secondary N) is 1. The molecule has 0 aliphatic carbocycles. The Hall–Kier alpha value is -0.650. The third-order valence-electron chi connectivity index (χ3n) is 3.77. The molecule has 2 saturated heterocycles. The summed E-state index contributed by atoms with van der Waals surface area (Å²) in [5.74, 6) is -0.358. The fraction of sp³-hybridized carbons (Fsp3) is 0.909. The number of aliphatic hydroxyl groups is 1. The summed E-state index contributed by atoms with van der Waals surface area (Å²) in [6, 6.07) is -0.208. The van der Waals surface area contributed by atoms with Crippen molar-refractivity contribution < 1.29 is 15.0 Å². The van der Waals surface area contributed by atoms with Crippen LogP contribution in [0.15, 0.2) is 0 Å². The van der Waals surface area contributed by atoms with Gasteiger partial charge in [0.2, 0.25) is 0 Å². The quantitative estimate of drug-likeness (QED) is 0.594. The van der Waals surface area contributed by atoms with Crippen LogP contribution in [0.2, 0.25) is 0 Å². The van der Waals surface area contributed by atoms with Crippen molar-refractivity contribution in [3.05, 3.63) is 0 Å². The fourth-order valence-electron chi connectivity index (χ4n) is 2.94. The highest BCUT2D eigenvalue weighted by atomic mass is 16.4. The van der Waals surface area contributed by atoms with Gasteiger partial charge in [0.1, 0.15) is 6.04 Å². The molecule has 92 valence electrons. The Kier molecular flexibility index (Phi) is 3.47. The van der Waals surface area contributed by atoms with Crippen LogP contribution in [-0.2, 0) is 4.79 Å². The number of aliphatic carboxylic acids is 1. The van der Waals surface area contributed by atoms with E-state index in [1.54, 1.807) is 0 Å². The topological polar surface area (TPSA) is 72.8 Å². The molecule has 4 unspecified atom stereocenters. The number of hydrogen-bond donors (Lipinski definition) is 3. The van der Waals surface area contributed by atoms with Gasteiger partial charge in [-0.2, -0.15) is 0 Å². The van der Waals surface area contributed by atoms with Gasteiger partial charge in [0.15, 0.2) is 0 Å². The van der Waals surface area contributed by atoms with E-state index in [-0.39, 0.29) is 0 Å². The molecular weight excluding hydrogens is 208 g/mol. The second-order valence-electron chi connectivity index (χ2n) is 4.98. The van der Waals surface area contributed by atoms with Crippen molar-refractivity contribution in [3.63, 3.8) is 0 Å². The first kappa shape index (κ1) is 11.8. The molecule has 2 fully saturated rings. The lowest BCUT2D eigenvalue weighted by Crippen LogP contribution is -2.52. The van der Waals surface area contributed by atoms with Gasteiger partial charge in [0.25, 0.3) is 0 Å². The fourth-order valence-corrected chi connectivity index (χ4v) is 2.94. The molecule has 2 heterocycles. The zero-order valence-corrected chi connectivity index (χ0v) is 9.59. The minimum atomic E-state index is -0.803. The molecule has 16 heavy (non-hydrogen) atoms. The summed E-state index contributed by atoms with van der Waals surface area (Å²) < 4.78 is 0. The van der Waals surface area contributed by atoms with E-state index in [4.69, 9.17) is 5.11 Å². The molecule has 2 aliphatic rings. The molecule has 2 aliphatic heterocycles. The van der Waals surface area contributed by atoms with E-state index in [1.165, 1.54) is 0 Å². The molecule has 0 bridgehead atoms. The molecule has 0 aromatic carbocycles. The monoisotopic (exact) mass is 228 g/mol. The number of carbonyl (C=O) groups is 1. The van der Waals surface area contributed by atoms with E-state index in [1.807, 2.05) is 4.90 Å². The molecule has 5 nitrogen and oxygen atoms in total. The lowest BCUT2D eigenvalue weighted by Gasteiger charge is -2.38. The van der Waals surface area contributed by atoms with Crippen molar-refractivity contribution in [2.45, 2.75) is 38.0 Å². The molecule has 0 spiro atoms. The maximum atomic E-state index is 11.1. The minimum Gasteiger partial charge on any atom is -0.480 e. The van der Waals surface area contributed by atoms with Gasteiger partial charge in [-0.05, 0) is 25.4 Å². The molecule has 0 aromatic rings. The predicted octanol–water partition coefficient (Wildman–Crippen LogP) is -0.496. The first-order valence-electron chi connectivity index (χ1n) is 5.97. The highest BCUT2D eigenvalue weighted by Gasteiger charge is 2.41. The minimum absolute atomic E-state index is 0.291. The van der Waals surface area contributed by atoms with Crippen LogP contribution in [-0.4, -0.2) is 58.9 Å². The molecule has 5 heteroatoms. The summed E-state index contributed by atoms with van der Waals surface area (Å²) >= 11 is 0. The Morgan fingerprint density at radius 3 is 2.88 bits per heavy atom.